The summed E-state index contributed by atoms with van der Waals surface area (Å²) >= 11 is 0. The molecule has 1 fully saturated rings. The average molecular weight is 264 g/mol. The maximum absolute atomic E-state index is 9.95. The third kappa shape index (κ3) is 3.26. The summed E-state index contributed by atoms with van der Waals surface area (Å²) in [6.45, 7) is 3.33. The molecule has 3 atom stereocenters. The molecule has 4 nitrogen and oxygen atoms in total. The van der Waals surface area contributed by atoms with Crippen LogP contribution in [0.4, 0.5) is 5.69 Å². The summed E-state index contributed by atoms with van der Waals surface area (Å²) in [6, 6.07) is 8.21. The largest absolute Gasteiger partial charge is 0.391 e. The molecule has 0 bridgehead atoms. The Bertz CT molecular complexity index is 420. The summed E-state index contributed by atoms with van der Waals surface area (Å²) in [7, 11) is 4.09. The van der Waals surface area contributed by atoms with Crippen molar-refractivity contribution in [1.29, 1.82) is 0 Å². The lowest BCUT2D eigenvalue weighted by Crippen LogP contribution is -2.38. The van der Waals surface area contributed by atoms with E-state index in [0.29, 0.717) is 12.6 Å². The summed E-state index contributed by atoms with van der Waals surface area (Å²) in [6.07, 6.45) is 0.00716. The predicted molar refractivity (Wildman–Crippen MR) is 77.4 cm³/mol. The molecule has 0 saturated carbocycles. The van der Waals surface area contributed by atoms with Gasteiger partial charge in [-0.05, 0) is 33.5 Å². The van der Waals surface area contributed by atoms with Crippen molar-refractivity contribution in [3.05, 3.63) is 29.8 Å². The Labute approximate surface area is 115 Å². The molecule has 0 spiro atoms. The highest BCUT2D eigenvalue weighted by molar-refractivity contribution is 5.56. The normalized spacial score (nSPS) is 25.1. The fraction of sp³-hybridized carbons (Fsp3) is 0.600. The first-order valence-electron chi connectivity index (χ1n) is 6.85. The highest BCUT2D eigenvalue weighted by Gasteiger charge is 2.32. The Morgan fingerprint density at radius 1 is 1.37 bits per heavy atom. The number of hydrogen-bond acceptors (Lipinski definition) is 4. The zero-order valence-electron chi connectivity index (χ0n) is 12.0. The second-order valence-corrected chi connectivity index (χ2v) is 5.69. The van der Waals surface area contributed by atoms with Gasteiger partial charge in [-0.2, -0.15) is 0 Å². The minimum atomic E-state index is -0.492. The fourth-order valence-electron chi connectivity index (χ4n) is 2.88. The van der Waals surface area contributed by atoms with Crippen LogP contribution >= 0.6 is 0 Å². The monoisotopic (exact) mass is 264 g/mol. The van der Waals surface area contributed by atoms with E-state index in [-0.39, 0.29) is 6.10 Å². The number of nitrogens with zero attached hydrogens (tertiary/aromatic N) is 2. The van der Waals surface area contributed by atoms with Crippen molar-refractivity contribution in [3.8, 4) is 0 Å². The third-order valence-electron chi connectivity index (χ3n) is 3.66. The van der Waals surface area contributed by atoms with Gasteiger partial charge in [-0.3, -0.25) is 0 Å². The van der Waals surface area contributed by atoms with Crippen molar-refractivity contribution >= 4 is 5.69 Å². The number of anilines is 1. The van der Waals surface area contributed by atoms with E-state index in [0.717, 1.165) is 24.2 Å². The minimum Gasteiger partial charge on any atom is -0.391 e. The van der Waals surface area contributed by atoms with Crippen LogP contribution in [0.25, 0.3) is 0 Å². The zero-order chi connectivity index (χ0) is 14.0. The molecule has 0 amide bonds. The van der Waals surface area contributed by atoms with Gasteiger partial charge in [0.2, 0.25) is 0 Å². The van der Waals surface area contributed by atoms with Gasteiger partial charge in [-0.15, -0.1) is 0 Å². The summed E-state index contributed by atoms with van der Waals surface area (Å²) in [5.41, 5.74) is 1.97. The van der Waals surface area contributed by atoms with Crippen molar-refractivity contribution in [1.82, 2.24) is 4.90 Å². The Kier molecular flexibility index (Phi) is 4.45. The average Bonchev–Trinajstić information content (AvgIpc) is 2.69. The topological polar surface area (TPSA) is 46.9 Å². The molecule has 2 rings (SSSR count). The fourth-order valence-corrected chi connectivity index (χ4v) is 2.88. The van der Waals surface area contributed by atoms with Crippen molar-refractivity contribution < 1.29 is 10.2 Å². The molecule has 4 heteroatoms. The molecule has 0 aromatic heterocycles. The van der Waals surface area contributed by atoms with Crippen LogP contribution in [0.15, 0.2) is 24.3 Å². The lowest BCUT2D eigenvalue weighted by molar-refractivity contribution is 0.191. The predicted octanol–water partition coefficient (Wildman–Crippen LogP) is 1.24. The van der Waals surface area contributed by atoms with Crippen molar-refractivity contribution in [2.75, 3.05) is 32.1 Å². The molecule has 1 aliphatic rings. The first-order valence-corrected chi connectivity index (χ1v) is 6.85. The van der Waals surface area contributed by atoms with Crippen LogP contribution in [0.1, 0.15) is 25.0 Å². The van der Waals surface area contributed by atoms with Crippen LogP contribution in [0.5, 0.6) is 0 Å². The molecule has 1 saturated heterocycles. The first-order chi connectivity index (χ1) is 8.99. The number of hydrogen-bond donors (Lipinski definition) is 2. The number of para-hydroxylation sites is 1. The highest BCUT2D eigenvalue weighted by Crippen LogP contribution is 2.32. The van der Waals surface area contributed by atoms with Crippen LogP contribution in [-0.2, 0) is 0 Å². The van der Waals surface area contributed by atoms with Crippen LogP contribution < -0.4 is 4.90 Å². The van der Waals surface area contributed by atoms with Crippen LogP contribution in [-0.4, -0.2) is 54.4 Å². The van der Waals surface area contributed by atoms with Crippen molar-refractivity contribution in [3.63, 3.8) is 0 Å². The van der Waals surface area contributed by atoms with Gasteiger partial charge in [0.25, 0.3) is 0 Å². The van der Waals surface area contributed by atoms with E-state index >= 15 is 0 Å². The van der Waals surface area contributed by atoms with Crippen LogP contribution in [0.2, 0.25) is 0 Å². The SMILES string of the molecule is C[C@@H](O)c1ccccc1N1CC(O)CC1CN(C)C. The standard InChI is InChI=1S/C15H24N2O2/c1-11(18)14-6-4-5-7-15(14)17-10-13(19)8-12(17)9-16(2)3/h4-7,11-13,18-19H,8-10H2,1-3H3/t11-,12?,13?/m1/s1. The smallest absolute Gasteiger partial charge is 0.0781 e. The van der Waals surface area contributed by atoms with E-state index < -0.39 is 6.10 Å². The molecule has 2 unspecified atom stereocenters. The van der Waals surface area contributed by atoms with Crippen LogP contribution in [0.3, 0.4) is 0 Å². The minimum absolute atomic E-state index is 0.285. The first kappa shape index (κ1) is 14.3. The van der Waals surface area contributed by atoms with Gasteiger partial charge in [0.05, 0.1) is 12.2 Å². The van der Waals surface area contributed by atoms with E-state index in [1.165, 1.54) is 0 Å². The van der Waals surface area contributed by atoms with Gasteiger partial charge in [0.15, 0.2) is 0 Å². The molecule has 2 N–H and O–H groups in total. The van der Waals surface area contributed by atoms with E-state index in [1.807, 2.05) is 38.4 Å². The summed E-state index contributed by atoms with van der Waals surface area (Å²) < 4.78 is 0. The molecular weight excluding hydrogens is 240 g/mol. The van der Waals surface area contributed by atoms with Gasteiger partial charge in [0.1, 0.15) is 0 Å². The van der Waals surface area contributed by atoms with Crippen molar-refractivity contribution in [2.45, 2.75) is 31.6 Å². The summed E-state index contributed by atoms with van der Waals surface area (Å²) in [5, 5.41) is 19.9. The molecular formula is C15H24N2O2. The Morgan fingerprint density at radius 2 is 2.05 bits per heavy atom. The van der Waals surface area contributed by atoms with Crippen LogP contribution in [0, 0.1) is 0 Å². The molecule has 1 aromatic rings. The van der Waals surface area contributed by atoms with E-state index in [1.54, 1.807) is 6.92 Å². The van der Waals surface area contributed by atoms with E-state index in [4.69, 9.17) is 0 Å². The van der Waals surface area contributed by atoms with E-state index in [9.17, 15) is 10.2 Å². The molecule has 0 radical (unpaired) electrons. The molecule has 0 aliphatic carbocycles. The Morgan fingerprint density at radius 3 is 2.68 bits per heavy atom. The zero-order valence-corrected chi connectivity index (χ0v) is 12.0. The third-order valence-corrected chi connectivity index (χ3v) is 3.66. The maximum atomic E-state index is 9.95. The lowest BCUT2D eigenvalue weighted by atomic mass is 10.1. The highest BCUT2D eigenvalue weighted by atomic mass is 16.3. The van der Waals surface area contributed by atoms with Gasteiger partial charge in [-0.1, -0.05) is 18.2 Å². The number of likely N-dealkylation sites (N-methyl/N-ethyl adjacent to an activating group) is 1. The molecule has 1 aromatic carbocycles. The number of benzene rings is 1. The Balaban J connectivity index is 2.28. The Hall–Kier alpha value is -1.10. The maximum Gasteiger partial charge on any atom is 0.0781 e. The van der Waals surface area contributed by atoms with E-state index in [2.05, 4.69) is 9.80 Å². The number of β-amino-alcohol motifs (C(OH)–C–C–N with tert-alkyl or cyclic N) is 1. The quantitative estimate of drug-likeness (QED) is 0.859. The number of rotatable bonds is 4. The van der Waals surface area contributed by atoms with Gasteiger partial charge >= 0.3 is 0 Å². The molecule has 1 heterocycles. The van der Waals surface area contributed by atoms with Crippen molar-refractivity contribution in [2.24, 2.45) is 0 Å². The second-order valence-electron chi connectivity index (χ2n) is 5.69. The van der Waals surface area contributed by atoms with Gasteiger partial charge in [0, 0.05) is 30.4 Å². The molecule has 19 heavy (non-hydrogen) atoms. The number of aliphatic hydroxyl groups is 2. The summed E-state index contributed by atoms with van der Waals surface area (Å²) in [5.74, 6) is 0. The molecule has 1 aliphatic heterocycles. The molecule has 106 valence electrons. The lowest BCUT2D eigenvalue weighted by Gasteiger charge is -2.31. The van der Waals surface area contributed by atoms with Gasteiger partial charge < -0.3 is 20.0 Å². The number of aliphatic hydroxyl groups excluding tert-OH is 2. The summed E-state index contributed by atoms with van der Waals surface area (Å²) in [4.78, 5) is 4.37. The second kappa shape index (κ2) is 5.90. The van der Waals surface area contributed by atoms with Gasteiger partial charge in [-0.25, -0.2) is 0 Å².